The lowest BCUT2D eigenvalue weighted by Crippen LogP contribution is -2.49. The summed E-state index contributed by atoms with van der Waals surface area (Å²) in [5.74, 6) is 0.0582. The highest BCUT2D eigenvalue weighted by atomic mass is 32.2. The third-order valence-corrected chi connectivity index (χ3v) is 5.06. The molecule has 5 nitrogen and oxygen atoms in total. The summed E-state index contributed by atoms with van der Waals surface area (Å²) in [6.07, 6.45) is 3.41. The molecule has 1 aliphatic rings. The normalized spacial score (nSPS) is 19.8. The lowest BCUT2D eigenvalue weighted by molar-refractivity contribution is -0.130. The number of piperidine rings is 1. The van der Waals surface area contributed by atoms with Gasteiger partial charge < -0.3 is 5.32 Å². The Bertz CT molecular complexity index is 396. The van der Waals surface area contributed by atoms with Crippen molar-refractivity contribution in [1.29, 1.82) is 0 Å². The number of hydrogen-bond donors (Lipinski definition) is 1. The van der Waals surface area contributed by atoms with Crippen LogP contribution in [0.5, 0.6) is 0 Å². The SMILES string of the molecule is CCC(C)(C)C(=O)NC1CCN(S(C)(=O)=O)CC1. The van der Waals surface area contributed by atoms with E-state index in [4.69, 9.17) is 0 Å². The molecule has 0 bridgehead atoms. The van der Waals surface area contributed by atoms with Crippen molar-refractivity contribution in [3.8, 4) is 0 Å². The molecule has 1 N–H and O–H groups in total. The Hall–Kier alpha value is -0.620. The Kier molecular flexibility index (Phi) is 4.78. The maximum atomic E-state index is 12.0. The molecule has 0 saturated carbocycles. The summed E-state index contributed by atoms with van der Waals surface area (Å²) in [6, 6.07) is 0.0984. The lowest BCUT2D eigenvalue weighted by atomic mass is 9.88. The van der Waals surface area contributed by atoms with Crippen molar-refractivity contribution in [2.45, 2.75) is 46.1 Å². The molecule has 0 unspecified atom stereocenters. The third-order valence-electron chi connectivity index (χ3n) is 3.76. The van der Waals surface area contributed by atoms with Crippen molar-refractivity contribution in [2.24, 2.45) is 5.41 Å². The molecule has 1 amide bonds. The Morgan fingerprint density at radius 3 is 2.22 bits per heavy atom. The van der Waals surface area contributed by atoms with Crippen LogP contribution in [0.1, 0.15) is 40.0 Å². The van der Waals surface area contributed by atoms with Crippen LogP contribution < -0.4 is 5.32 Å². The van der Waals surface area contributed by atoms with E-state index in [1.54, 1.807) is 0 Å². The molecule has 1 aliphatic heterocycles. The van der Waals surface area contributed by atoms with Crippen LogP contribution in [0.2, 0.25) is 0 Å². The van der Waals surface area contributed by atoms with Gasteiger partial charge in [-0.3, -0.25) is 4.79 Å². The monoisotopic (exact) mass is 276 g/mol. The van der Waals surface area contributed by atoms with Crippen molar-refractivity contribution in [2.75, 3.05) is 19.3 Å². The fourth-order valence-electron chi connectivity index (χ4n) is 1.87. The molecule has 1 saturated heterocycles. The number of nitrogens with zero attached hydrogens (tertiary/aromatic N) is 1. The second kappa shape index (κ2) is 5.57. The van der Waals surface area contributed by atoms with Gasteiger partial charge >= 0.3 is 0 Å². The highest BCUT2D eigenvalue weighted by Gasteiger charge is 2.30. The maximum absolute atomic E-state index is 12.0. The van der Waals surface area contributed by atoms with Gasteiger partial charge in [-0.1, -0.05) is 20.8 Å². The molecule has 106 valence electrons. The first-order valence-corrected chi connectivity index (χ1v) is 8.27. The molecule has 0 aromatic carbocycles. The fraction of sp³-hybridized carbons (Fsp3) is 0.917. The zero-order chi connectivity index (χ0) is 14.0. The first-order valence-electron chi connectivity index (χ1n) is 6.43. The van der Waals surface area contributed by atoms with Crippen LogP contribution in [0.4, 0.5) is 0 Å². The van der Waals surface area contributed by atoms with Crippen LogP contribution in [0.15, 0.2) is 0 Å². The molecule has 0 atom stereocenters. The first kappa shape index (κ1) is 15.4. The maximum Gasteiger partial charge on any atom is 0.225 e. The van der Waals surface area contributed by atoms with E-state index in [1.807, 2.05) is 20.8 Å². The van der Waals surface area contributed by atoms with E-state index in [1.165, 1.54) is 10.6 Å². The van der Waals surface area contributed by atoms with Crippen LogP contribution in [-0.2, 0) is 14.8 Å². The van der Waals surface area contributed by atoms with Crippen molar-refractivity contribution >= 4 is 15.9 Å². The molecule has 0 aliphatic carbocycles. The summed E-state index contributed by atoms with van der Waals surface area (Å²) < 4.78 is 24.2. The van der Waals surface area contributed by atoms with Gasteiger partial charge in [-0.2, -0.15) is 0 Å². The van der Waals surface area contributed by atoms with E-state index in [0.29, 0.717) is 25.9 Å². The topological polar surface area (TPSA) is 66.5 Å². The van der Waals surface area contributed by atoms with E-state index >= 15 is 0 Å². The zero-order valence-electron chi connectivity index (χ0n) is 11.7. The largest absolute Gasteiger partial charge is 0.353 e. The molecule has 1 fully saturated rings. The van der Waals surface area contributed by atoms with E-state index in [-0.39, 0.29) is 17.4 Å². The second-order valence-electron chi connectivity index (χ2n) is 5.65. The predicted molar refractivity (Wildman–Crippen MR) is 71.7 cm³/mol. The number of nitrogens with one attached hydrogen (secondary N) is 1. The smallest absolute Gasteiger partial charge is 0.225 e. The number of rotatable bonds is 4. The van der Waals surface area contributed by atoms with Gasteiger partial charge in [0, 0.05) is 24.5 Å². The Morgan fingerprint density at radius 2 is 1.83 bits per heavy atom. The van der Waals surface area contributed by atoms with E-state index in [0.717, 1.165) is 6.42 Å². The molecular formula is C12H24N2O3S. The van der Waals surface area contributed by atoms with Gasteiger partial charge in [-0.15, -0.1) is 0 Å². The molecule has 0 aromatic heterocycles. The second-order valence-corrected chi connectivity index (χ2v) is 7.63. The quantitative estimate of drug-likeness (QED) is 0.832. The molecule has 0 spiro atoms. The summed E-state index contributed by atoms with van der Waals surface area (Å²) in [4.78, 5) is 12.0. The molecule has 0 radical (unpaired) electrons. The number of carbonyl (C=O) groups is 1. The van der Waals surface area contributed by atoms with Gasteiger partial charge in [0.15, 0.2) is 0 Å². The standard InChI is InChI=1S/C12H24N2O3S/c1-5-12(2,3)11(15)13-10-6-8-14(9-7-10)18(4,16)17/h10H,5-9H2,1-4H3,(H,13,15). The Morgan fingerprint density at radius 1 is 1.33 bits per heavy atom. The fourth-order valence-corrected chi connectivity index (χ4v) is 2.75. The Balaban J connectivity index is 2.48. The minimum absolute atomic E-state index is 0.0582. The molecule has 18 heavy (non-hydrogen) atoms. The van der Waals surface area contributed by atoms with Gasteiger partial charge in [0.2, 0.25) is 15.9 Å². The van der Waals surface area contributed by atoms with Crippen LogP contribution in [-0.4, -0.2) is 44.0 Å². The third kappa shape index (κ3) is 3.95. The molecule has 1 heterocycles. The average molecular weight is 276 g/mol. The molecule has 0 aromatic rings. The molecule has 1 rings (SSSR count). The Labute approximate surface area is 110 Å². The summed E-state index contributed by atoms with van der Waals surface area (Å²) in [5, 5.41) is 3.02. The summed E-state index contributed by atoms with van der Waals surface area (Å²) >= 11 is 0. The van der Waals surface area contributed by atoms with Gasteiger partial charge in [-0.05, 0) is 19.3 Å². The van der Waals surface area contributed by atoms with Crippen LogP contribution in [0.3, 0.4) is 0 Å². The predicted octanol–water partition coefficient (Wildman–Crippen LogP) is 0.963. The van der Waals surface area contributed by atoms with E-state index < -0.39 is 10.0 Å². The number of carbonyl (C=O) groups excluding carboxylic acids is 1. The van der Waals surface area contributed by atoms with Gasteiger partial charge in [0.25, 0.3) is 0 Å². The lowest BCUT2D eigenvalue weighted by Gasteiger charge is -2.32. The number of hydrogen-bond acceptors (Lipinski definition) is 3. The van der Waals surface area contributed by atoms with E-state index in [9.17, 15) is 13.2 Å². The van der Waals surface area contributed by atoms with Crippen LogP contribution in [0.25, 0.3) is 0 Å². The van der Waals surface area contributed by atoms with Gasteiger partial charge in [-0.25, -0.2) is 12.7 Å². The minimum atomic E-state index is -3.09. The van der Waals surface area contributed by atoms with Crippen molar-refractivity contribution in [1.82, 2.24) is 9.62 Å². The molecule has 6 heteroatoms. The van der Waals surface area contributed by atoms with E-state index in [2.05, 4.69) is 5.32 Å². The highest BCUT2D eigenvalue weighted by Crippen LogP contribution is 2.21. The van der Waals surface area contributed by atoms with Crippen molar-refractivity contribution in [3.63, 3.8) is 0 Å². The average Bonchev–Trinajstić information content (AvgIpc) is 2.28. The summed E-state index contributed by atoms with van der Waals surface area (Å²) in [6.45, 7) is 6.83. The van der Waals surface area contributed by atoms with Gasteiger partial charge in [0.05, 0.1) is 6.26 Å². The number of amides is 1. The summed E-state index contributed by atoms with van der Waals surface area (Å²) in [7, 11) is -3.09. The van der Waals surface area contributed by atoms with Crippen LogP contribution in [0, 0.1) is 5.41 Å². The highest BCUT2D eigenvalue weighted by molar-refractivity contribution is 7.88. The first-order chi connectivity index (χ1) is 8.16. The van der Waals surface area contributed by atoms with Crippen LogP contribution >= 0.6 is 0 Å². The zero-order valence-corrected chi connectivity index (χ0v) is 12.5. The minimum Gasteiger partial charge on any atom is -0.353 e. The van der Waals surface area contributed by atoms with Crippen molar-refractivity contribution in [3.05, 3.63) is 0 Å². The van der Waals surface area contributed by atoms with Gasteiger partial charge in [0.1, 0.15) is 0 Å². The van der Waals surface area contributed by atoms with Crippen molar-refractivity contribution < 1.29 is 13.2 Å². The number of sulfonamides is 1. The summed E-state index contributed by atoms with van der Waals surface area (Å²) in [5.41, 5.74) is -0.353. The molecular weight excluding hydrogens is 252 g/mol.